The van der Waals surface area contributed by atoms with Gasteiger partial charge >= 0.3 is 37.7 Å². The molecule has 0 spiro atoms. The van der Waals surface area contributed by atoms with E-state index in [9.17, 15) is 25.9 Å². The number of hydrogen-bond donors (Lipinski definition) is 0. The molecule has 0 saturated heterocycles. The number of rotatable bonds is 50. The Morgan fingerprint density at radius 2 is 0.481 bits per heavy atom. The van der Waals surface area contributed by atoms with E-state index < -0.39 is 20.2 Å². The van der Waals surface area contributed by atoms with Gasteiger partial charge in [-0.15, -0.1) is 0 Å². The van der Waals surface area contributed by atoms with Crippen molar-refractivity contribution in [3.63, 3.8) is 0 Å². The Morgan fingerprint density at radius 3 is 0.704 bits per heavy atom. The molecule has 0 aliphatic heterocycles. The summed E-state index contributed by atoms with van der Waals surface area (Å²) in [5.74, 6) is 0. The minimum absolute atomic E-state index is 0. The molecule has 0 N–H and O–H groups in total. The van der Waals surface area contributed by atoms with Crippen molar-refractivity contribution in [1.82, 2.24) is 0 Å². The van der Waals surface area contributed by atoms with E-state index in [1.54, 1.807) is 0 Å². The van der Waals surface area contributed by atoms with Gasteiger partial charge in [-0.2, -0.15) is 0 Å². The Labute approximate surface area is 529 Å². The van der Waals surface area contributed by atoms with Gasteiger partial charge in [0, 0.05) is 0 Å². The molecule has 0 heterocycles. The van der Waals surface area contributed by atoms with Crippen molar-refractivity contribution in [2.75, 3.05) is 0 Å². The normalized spacial score (nSPS) is 11.8. The van der Waals surface area contributed by atoms with E-state index in [2.05, 4.69) is 39.8 Å². The van der Waals surface area contributed by atoms with Gasteiger partial charge in [0.05, 0.1) is 9.79 Å². The number of hydrogen-bond acceptors (Lipinski definition) is 6. The molecule has 0 fully saturated rings. The number of benzene rings is 4. The molecule has 81 heavy (non-hydrogen) atoms. The maximum absolute atomic E-state index is 12.3. The van der Waals surface area contributed by atoms with Crippen LogP contribution in [0.15, 0.2) is 70.5 Å². The van der Waals surface area contributed by atoms with Crippen molar-refractivity contribution in [3.05, 3.63) is 82.9 Å². The summed E-state index contributed by atoms with van der Waals surface area (Å²) in [6.45, 7) is 9.04. The Balaban J connectivity index is 0.000000547. The molecular formula is C72H118CaO6S2. The van der Waals surface area contributed by atoms with Crippen molar-refractivity contribution < 1.29 is 25.9 Å². The summed E-state index contributed by atoms with van der Waals surface area (Å²) < 4.78 is 73.7. The average Bonchev–Trinajstić information content (AvgIpc) is 3.44. The van der Waals surface area contributed by atoms with Crippen LogP contribution in [0.4, 0.5) is 0 Å². The smallest absolute Gasteiger partial charge is 0.744 e. The van der Waals surface area contributed by atoms with E-state index in [-0.39, 0.29) is 47.5 Å². The van der Waals surface area contributed by atoms with Crippen molar-refractivity contribution in [3.8, 4) is 0 Å². The van der Waals surface area contributed by atoms with Gasteiger partial charge in [-0.1, -0.05) is 345 Å². The minimum atomic E-state index is -4.53. The molecule has 4 aromatic carbocycles. The van der Waals surface area contributed by atoms with Crippen molar-refractivity contribution >= 4 is 79.5 Å². The molecule has 0 unspecified atom stereocenters. The van der Waals surface area contributed by atoms with E-state index in [0.29, 0.717) is 34.7 Å². The van der Waals surface area contributed by atoms with Crippen LogP contribution in [0.3, 0.4) is 0 Å². The average molecular weight is 1180 g/mol. The first-order valence-electron chi connectivity index (χ1n) is 33.9. The van der Waals surface area contributed by atoms with Gasteiger partial charge in [0.25, 0.3) is 0 Å². The number of fused-ring (bicyclic) bond motifs is 2. The van der Waals surface area contributed by atoms with Crippen LogP contribution in [0.25, 0.3) is 21.5 Å². The molecule has 0 aliphatic rings. The third-order valence-electron chi connectivity index (χ3n) is 17.0. The second kappa shape index (κ2) is 48.6. The van der Waals surface area contributed by atoms with Crippen LogP contribution in [0.2, 0.25) is 0 Å². The molecule has 4 aromatic rings. The van der Waals surface area contributed by atoms with Crippen LogP contribution in [0, 0.1) is 0 Å². The van der Waals surface area contributed by atoms with Crippen molar-refractivity contribution in [2.45, 2.75) is 346 Å². The van der Waals surface area contributed by atoms with E-state index in [0.717, 1.165) is 62.1 Å². The Kier molecular flexibility index (Phi) is 45.3. The van der Waals surface area contributed by atoms with Crippen molar-refractivity contribution in [1.29, 1.82) is 0 Å². The third kappa shape index (κ3) is 35.0. The van der Waals surface area contributed by atoms with E-state index in [1.807, 2.05) is 48.5 Å². The molecule has 0 aromatic heterocycles. The SMILES string of the molecule is CCCCCCCCCCCCCc1ccc2c(S(=O)(=O)[O-])c(CCCCCCCCCCCCC)ccc2c1.CCCCCCCCCCCCCc1ccc2c(S(=O)(=O)[O-])c(CCCCCCCCCCCCC)ccc2c1.[Ca+2]. The predicted octanol–water partition coefficient (Wildman–Crippen LogP) is 22.5. The van der Waals surface area contributed by atoms with Gasteiger partial charge in [0.15, 0.2) is 0 Å². The summed E-state index contributed by atoms with van der Waals surface area (Å²) in [5.41, 5.74) is 3.85. The zero-order valence-electron chi connectivity index (χ0n) is 52.7. The molecule has 0 radical (unpaired) electrons. The Bertz CT molecular complexity index is 2230. The fraction of sp³-hybridized carbons (Fsp3) is 0.722. The minimum Gasteiger partial charge on any atom is -0.744 e. The molecule has 456 valence electrons. The summed E-state index contributed by atoms with van der Waals surface area (Å²) >= 11 is 0. The van der Waals surface area contributed by atoms with E-state index in [4.69, 9.17) is 0 Å². The first kappa shape index (κ1) is 75.6. The van der Waals surface area contributed by atoms with Gasteiger partial charge in [0.2, 0.25) is 0 Å². The second-order valence-electron chi connectivity index (χ2n) is 24.3. The predicted molar refractivity (Wildman–Crippen MR) is 350 cm³/mol. The molecule has 0 atom stereocenters. The fourth-order valence-corrected chi connectivity index (χ4v) is 13.9. The topological polar surface area (TPSA) is 114 Å². The molecule has 0 saturated carbocycles. The zero-order valence-corrected chi connectivity index (χ0v) is 56.5. The van der Waals surface area contributed by atoms with Gasteiger partial charge in [-0.25, -0.2) is 16.8 Å². The quantitative estimate of drug-likeness (QED) is 0.0247. The van der Waals surface area contributed by atoms with Crippen LogP contribution in [0.1, 0.15) is 332 Å². The van der Waals surface area contributed by atoms with Gasteiger partial charge < -0.3 is 9.11 Å². The summed E-state index contributed by atoms with van der Waals surface area (Å²) in [6.07, 6.45) is 60.2. The molecule has 6 nitrogen and oxygen atoms in total. The maximum Gasteiger partial charge on any atom is 2.00 e. The molecular weight excluding hydrogens is 1060 g/mol. The van der Waals surface area contributed by atoms with Crippen molar-refractivity contribution in [2.24, 2.45) is 0 Å². The third-order valence-corrected chi connectivity index (χ3v) is 18.9. The number of unbranched alkanes of at least 4 members (excludes halogenated alkanes) is 40. The van der Waals surface area contributed by atoms with Crippen LogP contribution in [-0.4, -0.2) is 63.7 Å². The first-order valence-corrected chi connectivity index (χ1v) is 36.8. The van der Waals surface area contributed by atoms with Crippen LogP contribution in [0.5, 0.6) is 0 Å². The Morgan fingerprint density at radius 1 is 0.272 bits per heavy atom. The maximum atomic E-state index is 12.3. The molecule has 0 aliphatic carbocycles. The molecule has 0 bridgehead atoms. The summed E-state index contributed by atoms with van der Waals surface area (Å²) in [7, 11) is -9.05. The fourth-order valence-electron chi connectivity index (χ4n) is 12.0. The van der Waals surface area contributed by atoms with E-state index in [1.165, 1.54) is 255 Å². The second-order valence-corrected chi connectivity index (χ2v) is 26.9. The Hall–Kier alpha value is -1.52. The van der Waals surface area contributed by atoms with Crippen LogP contribution < -0.4 is 0 Å². The summed E-state index contributed by atoms with van der Waals surface area (Å²) in [4.78, 5) is 0.0247. The monoisotopic (exact) mass is 1180 g/mol. The molecule has 9 heteroatoms. The van der Waals surface area contributed by atoms with E-state index >= 15 is 0 Å². The van der Waals surface area contributed by atoms with Gasteiger partial charge in [-0.3, -0.25) is 0 Å². The molecule has 4 rings (SSSR count). The first-order chi connectivity index (χ1) is 38.9. The molecule has 0 amide bonds. The standard InChI is InChI=1S/2C36H60O3S.Ca/c2*1-3-5-7-9-11-13-15-17-19-21-23-25-32-27-30-35-34(31-32)29-28-33(36(35)40(37,38)39)26-24-22-20-18-16-14-12-10-8-6-4-2;/h2*27-31H,3-26H2,1-2H3,(H,37,38,39);/q;;+2/p-2. The zero-order chi connectivity index (χ0) is 57.8. The van der Waals surface area contributed by atoms with Gasteiger partial charge in [0.1, 0.15) is 20.2 Å². The van der Waals surface area contributed by atoms with Crippen LogP contribution in [-0.2, 0) is 45.9 Å². The summed E-state index contributed by atoms with van der Waals surface area (Å²) in [6, 6.07) is 19.8. The largest absolute Gasteiger partial charge is 2.00 e. The summed E-state index contributed by atoms with van der Waals surface area (Å²) in [5, 5.41) is 2.94. The number of aryl methyl sites for hydroxylation is 4. The van der Waals surface area contributed by atoms with Gasteiger partial charge in [-0.05, 0) is 95.2 Å². The van der Waals surface area contributed by atoms with Crippen LogP contribution >= 0.6 is 0 Å².